The number of aliphatic carboxylic acids is 1. The van der Waals surface area contributed by atoms with Crippen LogP contribution in [0.3, 0.4) is 0 Å². The molecule has 0 amide bonds. The molecular weight excluding hydrogens is 664 g/mol. The molecule has 0 aromatic carbocycles. The highest BCUT2D eigenvalue weighted by Crippen LogP contribution is 2.72. The fraction of sp³-hybridized carbons (Fsp3) is 0.786. The van der Waals surface area contributed by atoms with Gasteiger partial charge in [0.1, 0.15) is 12.2 Å². The minimum absolute atomic E-state index is 0.000430. The Morgan fingerprint density at radius 3 is 2.29 bits per heavy atom. The van der Waals surface area contributed by atoms with Crippen LogP contribution in [0.1, 0.15) is 121 Å². The maximum atomic E-state index is 13.9. The zero-order valence-electron chi connectivity index (χ0n) is 33.4. The van der Waals surface area contributed by atoms with Gasteiger partial charge in [-0.25, -0.2) is 9.59 Å². The predicted octanol–water partition coefficient (Wildman–Crippen LogP) is 6.56. The zero-order chi connectivity index (χ0) is 39.1. The Morgan fingerprint density at radius 1 is 1.08 bits per heavy atom. The molecule has 2 saturated carbocycles. The third-order valence-electron chi connectivity index (χ3n) is 13.8. The minimum atomic E-state index is -1.49. The molecule has 1 saturated heterocycles. The molecule has 10 nitrogen and oxygen atoms in total. The average molecular weight is 731 g/mol. The van der Waals surface area contributed by atoms with Crippen LogP contribution in [0.5, 0.6) is 0 Å². The molecule has 4 rings (SSSR count). The Balaban J connectivity index is 1.95. The summed E-state index contributed by atoms with van der Waals surface area (Å²) < 4.78 is 19.2. The second kappa shape index (κ2) is 15.7. The van der Waals surface area contributed by atoms with E-state index in [4.69, 9.17) is 14.2 Å². The number of ether oxygens (including phenoxy) is 3. The van der Waals surface area contributed by atoms with E-state index in [1.807, 2.05) is 20.8 Å². The van der Waals surface area contributed by atoms with Crippen LogP contribution in [-0.2, 0) is 28.6 Å². The number of hydrogen-bond acceptors (Lipinski definition) is 9. The summed E-state index contributed by atoms with van der Waals surface area (Å²) >= 11 is 0. The number of rotatable bonds is 13. The number of carbonyl (C=O) groups excluding carboxylic acids is 2. The summed E-state index contributed by atoms with van der Waals surface area (Å²) in [4.78, 5) is 39.9. The lowest BCUT2D eigenvalue weighted by atomic mass is 9.39. The van der Waals surface area contributed by atoms with Gasteiger partial charge in [-0.1, -0.05) is 70.4 Å². The highest BCUT2D eigenvalue weighted by Gasteiger charge is 2.71. The van der Waals surface area contributed by atoms with Crippen molar-refractivity contribution in [3.8, 4) is 0 Å². The van der Waals surface area contributed by atoms with E-state index < -0.39 is 76.0 Å². The van der Waals surface area contributed by atoms with E-state index in [1.165, 1.54) is 5.57 Å². The fourth-order valence-corrected chi connectivity index (χ4v) is 11.0. The van der Waals surface area contributed by atoms with E-state index in [2.05, 4.69) is 32.9 Å². The molecule has 0 aromatic heterocycles. The number of aliphatic hydroxyl groups excluding tert-OH is 2. The second-order valence-corrected chi connectivity index (χ2v) is 18.0. The van der Waals surface area contributed by atoms with Crippen molar-refractivity contribution in [3.05, 3.63) is 34.9 Å². The van der Waals surface area contributed by atoms with Gasteiger partial charge in [0.25, 0.3) is 0 Å². The molecule has 0 spiro atoms. The van der Waals surface area contributed by atoms with Gasteiger partial charge in [0.05, 0.1) is 18.3 Å². The number of fused-ring (bicyclic) bond motifs is 3. The summed E-state index contributed by atoms with van der Waals surface area (Å²) in [6, 6.07) is 0. The lowest BCUT2D eigenvalue weighted by Crippen LogP contribution is -2.68. The number of esters is 2. The summed E-state index contributed by atoms with van der Waals surface area (Å²) in [6.45, 7) is 21.4. The molecule has 52 heavy (non-hydrogen) atoms. The van der Waals surface area contributed by atoms with E-state index in [9.17, 15) is 34.8 Å². The molecule has 4 aliphatic rings. The van der Waals surface area contributed by atoms with Crippen LogP contribution in [-0.4, -0.2) is 81.1 Å². The van der Waals surface area contributed by atoms with Gasteiger partial charge in [0, 0.05) is 17.8 Å². The fourth-order valence-electron chi connectivity index (χ4n) is 11.0. The van der Waals surface area contributed by atoms with Crippen LogP contribution in [0.4, 0.5) is 0 Å². The zero-order valence-corrected chi connectivity index (χ0v) is 33.4. The molecule has 294 valence electrons. The Kier molecular flexibility index (Phi) is 12.7. The van der Waals surface area contributed by atoms with E-state index in [1.54, 1.807) is 40.7 Å². The van der Waals surface area contributed by atoms with Gasteiger partial charge in [0.2, 0.25) is 0 Å². The third-order valence-corrected chi connectivity index (χ3v) is 13.8. The quantitative estimate of drug-likeness (QED) is 0.121. The largest absolute Gasteiger partial charge is 0.481 e. The molecule has 13 atom stereocenters. The number of carbonyl (C=O) groups is 3. The molecule has 13 unspecified atom stereocenters. The topological polar surface area (TPSA) is 160 Å². The van der Waals surface area contributed by atoms with Crippen molar-refractivity contribution in [1.82, 2.24) is 0 Å². The smallest absolute Gasteiger partial charge is 0.339 e. The minimum Gasteiger partial charge on any atom is -0.481 e. The van der Waals surface area contributed by atoms with Gasteiger partial charge in [0.15, 0.2) is 12.2 Å². The Bertz CT molecular complexity index is 1440. The van der Waals surface area contributed by atoms with Crippen molar-refractivity contribution in [3.63, 3.8) is 0 Å². The van der Waals surface area contributed by atoms with Crippen LogP contribution < -0.4 is 0 Å². The van der Waals surface area contributed by atoms with Gasteiger partial charge < -0.3 is 34.6 Å². The van der Waals surface area contributed by atoms with Crippen LogP contribution in [0, 0.1) is 45.8 Å². The second-order valence-electron chi connectivity index (χ2n) is 18.0. The first-order chi connectivity index (χ1) is 24.1. The molecule has 1 heterocycles. The number of allylic oxidation sites excluding steroid dienone is 3. The Morgan fingerprint density at radius 2 is 1.73 bits per heavy atom. The van der Waals surface area contributed by atoms with Gasteiger partial charge in [-0.15, -0.1) is 0 Å². The van der Waals surface area contributed by atoms with Crippen molar-refractivity contribution in [2.24, 2.45) is 45.8 Å². The standard InChI is InChI=1S/C42H66O10/c1-12-24(5)34(45)37(47)51-29-21-41(10)28(26-19-27(50-22-26)18-23(3)4)14-15-30(41)42(11)32(52-38(48)35(46)25(6)13-2)20-31(39(7,8)49)40(9,36(29)42)17-16-33(43)44/h13,15,18,24,26-29,31-32,34-36,45-46,49H,12,14,16-17,19-22H2,1-11H3,(H,43,44). The molecule has 3 aliphatic carbocycles. The Labute approximate surface area is 311 Å². The normalized spacial score (nSPS) is 37.9. The van der Waals surface area contributed by atoms with E-state index in [0.717, 1.165) is 18.4 Å². The highest BCUT2D eigenvalue weighted by molar-refractivity contribution is 5.78. The van der Waals surface area contributed by atoms with Crippen molar-refractivity contribution in [2.45, 2.75) is 157 Å². The number of hydrogen-bond donors (Lipinski definition) is 4. The summed E-state index contributed by atoms with van der Waals surface area (Å²) in [5.74, 6) is -3.77. The number of carboxylic acids is 1. The number of aliphatic hydroxyl groups is 3. The van der Waals surface area contributed by atoms with Gasteiger partial charge in [-0.2, -0.15) is 0 Å². The molecule has 3 fully saturated rings. The monoisotopic (exact) mass is 730 g/mol. The molecule has 1 aliphatic heterocycles. The van der Waals surface area contributed by atoms with Crippen molar-refractivity contribution >= 4 is 17.9 Å². The average Bonchev–Trinajstić information content (AvgIpc) is 3.65. The summed E-state index contributed by atoms with van der Waals surface area (Å²) in [6.07, 6.45) is 4.29. The van der Waals surface area contributed by atoms with Crippen LogP contribution in [0.25, 0.3) is 0 Å². The van der Waals surface area contributed by atoms with Gasteiger partial charge in [-0.3, -0.25) is 4.79 Å². The first kappa shape index (κ1) is 42.2. The lowest BCUT2D eigenvalue weighted by Gasteiger charge is -2.67. The maximum absolute atomic E-state index is 13.9. The van der Waals surface area contributed by atoms with Gasteiger partial charge in [-0.05, 0) is 114 Å². The third kappa shape index (κ3) is 7.82. The Hall–Kier alpha value is -2.53. The molecule has 0 bridgehead atoms. The van der Waals surface area contributed by atoms with Crippen molar-refractivity contribution in [2.75, 3.05) is 6.61 Å². The van der Waals surface area contributed by atoms with E-state index >= 15 is 0 Å². The van der Waals surface area contributed by atoms with Crippen LogP contribution in [0.15, 0.2) is 34.9 Å². The first-order valence-corrected chi connectivity index (χ1v) is 19.4. The first-order valence-electron chi connectivity index (χ1n) is 19.4. The van der Waals surface area contributed by atoms with E-state index in [0.29, 0.717) is 25.0 Å². The SMILES string of the molecule is CC=C(C)C(O)C(=O)OC1CC(C(C)(C)O)C(C)(CCC(=O)O)C2C(OC(=O)C(O)C(C)CC)CC3(C)C(=CCC3C3COC(C=C(C)C)C3)C12C. The van der Waals surface area contributed by atoms with Crippen LogP contribution >= 0.6 is 0 Å². The van der Waals surface area contributed by atoms with Crippen LogP contribution in [0.2, 0.25) is 0 Å². The molecular formula is C42H66O10. The summed E-state index contributed by atoms with van der Waals surface area (Å²) in [7, 11) is 0. The van der Waals surface area contributed by atoms with Crippen molar-refractivity contribution in [1.29, 1.82) is 0 Å². The molecule has 4 N–H and O–H groups in total. The maximum Gasteiger partial charge on any atom is 0.339 e. The summed E-state index contributed by atoms with van der Waals surface area (Å²) in [5, 5.41) is 44.0. The molecule has 0 radical (unpaired) electrons. The summed E-state index contributed by atoms with van der Waals surface area (Å²) in [5.41, 5.74) is -1.11. The lowest BCUT2D eigenvalue weighted by molar-refractivity contribution is -0.241. The molecule has 0 aromatic rings. The number of carboxylic acid groups (broad SMARTS) is 1. The van der Waals surface area contributed by atoms with E-state index in [-0.39, 0.29) is 43.1 Å². The molecule has 10 heteroatoms. The predicted molar refractivity (Wildman–Crippen MR) is 198 cm³/mol. The highest BCUT2D eigenvalue weighted by atomic mass is 16.6. The van der Waals surface area contributed by atoms with Crippen molar-refractivity contribution < 1.29 is 49.0 Å². The van der Waals surface area contributed by atoms with Gasteiger partial charge >= 0.3 is 17.9 Å².